The Bertz CT molecular complexity index is 723. The molecule has 2 aromatic carbocycles. The Balaban J connectivity index is 0.00000210. The summed E-state index contributed by atoms with van der Waals surface area (Å²) in [7, 11) is 0. The van der Waals surface area contributed by atoms with Crippen LogP contribution in [0.25, 0.3) is 0 Å². The molecule has 1 saturated heterocycles. The number of rotatable bonds is 8. The van der Waals surface area contributed by atoms with Gasteiger partial charge < -0.3 is 15.8 Å². The van der Waals surface area contributed by atoms with Crippen LogP contribution in [0.4, 0.5) is 5.69 Å². The minimum atomic E-state index is -0.0866. The highest BCUT2D eigenvalue weighted by Gasteiger charge is 2.19. The third-order valence-corrected chi connectivity index (χ3v) is 4.89. The summed E-state index contributed by atoms with van der Waals surface area (Å²) < 4.78 is 5.99. The normalized spacial score (nSPS) is 14.5. The van der Waals surface area contributed by atoms with Gasteiger partial charge in [0.15, 0.2) is 0 Å². The molecule has 29 heavy (non-hydrogen) atoms. The van der Waals surface area contributed by atoms with Crippen LogP contribution in [0.5, 0.6) is 0 Å². The molecule has 0 radical (unpaired) electrons. The van der Waals surface area contributed by atoms with Crippen molar-refractivity contribution in [2.45, 2.75) is 31.9 Å². The molecule has 1 amide bonds. The van der Waals surface area contributed by atoms with Gasteiger partial charge in [-0.2, -0.15) is 0 Å². The summed E-state index contributed by atoms with van der Waals surface area (Å²) in [6, 6.07) is 17.6. The van der Waals surface area contributed by atoms with Gasteiger partial charge in [-0.15, -0.1) is 24.8 Å². The Kier molecular flexibility index (Phi) is 11.7. The molecule has 160 valence electrons. The van der Waals surface area contributed by atoms with Gasteiger partial charge in [-0.3, -0.25) is 9.69 Å². The van der Waals surface area contributed by atoms with Crippen molar-refractivity contribution >= 4 is 36.4 Å². The Morgan fingerprint density at radius 2 is 1.79 bits per heavy atom. The standard InChI is InChI=1S/C22H29N3O2.2ClH/c23-20-9-4-8-19(16-20)22(26)24-12-5-15-27-21-10-13-25(14-11-21)17-18-6-2-1-3-7-18;;/h1-4,6-9,16,21H,5,10-15,17,23H2,(H,24,26);2*1H. The van der Waals surface area contributed by atoms with E-state index in [2.05, 4.69) is 40.5 Å². The average Bonchev–Trinajstić information content (AvgIpc) is 2.69. The van der Waals surface area contributed by atoms with Crippen LogP contribution in [0.3, 0.4) is 0 Å². The van der Waals surface area contributed by atoms with Gasteiger partial charge in [0.1, 0.15) is 0 Å². The number of nitrogen functional groups attached to an aromatic ring is 1. The molecule has 2 aromatic rings. The molecule has 1 heterocycles. The minimum absolute atomic E-state index is 0. The van der Waals surface area contributed by atoms with E-state index in [-0.39, 0.29) is 30.7 Å². The van der Waals surface area contributed by atoms with Crippen molar-refractivity contribution in [2.75, 3.05) is 32.0 Å². The van der Waals surface area contributed by atoms with Crippen molar-refractivity contribution in [3.63, 3.8) is 0 Å². The van der Waals surface area contributed by atoms with Gasteiger partial charge in [-0.25, -0.2) is 0 Å². The van der Waals surface area contributed by atoms with Gasteiger partial charge in [0, 0.05) is 44.0 Å². The van der Waals surface area contributed by atoms with Gasteiger partial charge in [0.25, 0.3) is 5.91 Å². The van der Waals surface area contributed by atoms with Crippen LogP contribution in [0.15, 0.2) is 54.6 Å². The largest absolute Gasteiger partial charge is 0.399 e. The molecule has 0 saturated carbocycles. The number of hydrogen-bond donors (Lipinski definition) is 2. The molecule has 0 aliphatic carbocycles. The maximum atomic E-state index is 12.0. The zero-order valence-corrected chi connectivity index (χ0v) is 18.2. The van der Waals surface area contributed by atoms with Crippen LogP contribution in [0.2, 0.25) is 0 Å². The van der Waals surface area contributed by atoms with Crippen LogP contribution in [-0.4, -0.2) is 43.2 Å². The van der Waals surface area contributed by atoms with E-state index in [1.54, 1.807) is 24.3 Å². The molecule has 0 spiro atoms. The molecule has 3 N–H and O–H groups in total. The number of nitrogens with two attached hydrogens (primary N) is 1. The molecule has 0 unspecified atom stereocenters. The maximum Gasteiger partial charge on any atom is 0.251 e. The number of amides is 1. The van der Waals surface area contributed by atoms with Crippen molar-refractivity contribution in [1.82, 2.24) is 10.2 Å². The highest BCUT2D eigenvalue weighted by atomic mass is 35.5. The maximum absolute atomic E-state index is 12.0. The number of likely N-dealkylation sites (tertiary alicyclic amines) is 1. The SMILES string of the molecule is Cl.Cl.Nc1cccc(C(=O)NCCCOC2CCN(Cc3ccccc3)CC2)c1. The molecule has 0 bridgehead atoms. The van der Waals surface area contributed by atoms with Crippen molar-refractivity contribution in [1.29, 1.82) is 0 Å². The number of ether oxygens (including phenoxy) is 1. The fourth-order valence-corrected chi connectivity index (χ4v) is 3.38. The van der Waals surface area contributed by atoms with E-state index in [0.29, 0.717) is 30.5 Å². The first kappa shape index (κ1) is 25.2. The first-order chi connectivity index (χ1) is 13.2. The van der Waals surface area contributed by atoms with E-state index >= 15 is 0 Å². The van der Waals surface area contributed by atoms with Crippen molar-refractivity contribution < 1.29 is 9.53 Å². The number of nitrogens with zero attached hydrogens (tertiary/aromatic N) is 1. The van der Waals surface area contributed by atoms with Crippen LogP contribution in [0, 0.1) is 0 Å². The fourth-order valence-electron chi connectivity index (χ4n) is 3.38. The van der Waals surface area contributed by atoms with E-state index < -0.39 is 0 Å². The van der Waals surface area contributed by atoms with Crippen LogP contribution < -0.4 is 11.1 Å². The fraction of sp³-hybridized carbons (Fsp3) is 0.409. The number of hydrogen-bond acceptors (Lipinski definition) is 4. The van der Waals surface area contributed by atoms with Gasteiger partial charge in [-0.1, -0.05) is 36.4 Å². The topological polar surface area (TPSA) is 67.6 Å². The third-order valence-electron chi connectivity index (χ3n) is 4.89. The predicted molar refractivity (Wildman–Crippen MR) is 123 cm³/mol. The molecule has 3 rings (SSSR count). The van der Waals surface area contributed by atoms with E-state index in [1.165, 1.54) is 5.56 Å². The van der Waals surface area contributed by atoms with Gasteiger partial charge in [0.2, 0.25) is 0 Å². The zero-order chi connectivity index (χ0) is 18.9. The molecule has 0 atom stereocenters. The lowest BCUT2D eigenvalue weighted by Crippen LogP contribution is -2.36. The number of nitrogens with one attached hydrogen (secondary N) is 1. The Morgan fingerprint density at radius 3 is 2.48 bits per heavy atom. The van der Waals surface area contributed by atoms with Gasteiger partial charge in [0.05, 0.1) is 6.10 Å². The lowest BCUT2D eigenvalue weighted by Gasteiger charge is -2.32. The molecule has 1 aliphatic heterocycles. The second-order valence-corrected chi connectivity index (χ2v) is 7.07. The number of carbonyl (C=O) groups is 1. The Hall–Kier alpha value is -1.79. The summed E-state index contributed by atoms with van der Waals surface area (Å²) >= 11 is 0. The molecular formula is C22H31Cl2N3O2. The van der Waals surface area contributed by atoms with E-state index in [0.717, 1.165) is 38.9 Å². The van der Waals surface area contributed by atoms with Gasteiger partial charge in [-0.05, 0) is 43.0 Å². The number of halogens is 2. The highest BCUT2D eigenvalue weighted by Crippen LogP contribution is 2.16. The van der Waals surface area contributed by atoms with Gasteiger partial charge >= 0.3 is 0 Å². The van der Waals surface area contributed by atoms with Crippen molar-refractivity contribution in [3.05, 3.63) is 65.7 Å². The highest BCUT2D eigenvalue weighted by molar-refractivity contribution is 5.94. The quantitative estimate of drug-likeness (QED) is 0.483. The summed E-state index contributed by atoms with van der Waals surface area (Å²) in [4.78, 5) is 14.5. The van der Waals surface area contributed by atoms with E-state index in [1.807, 2.05) is 0 Å². The second kappa shape index (κ2) is 13.4. The first-order valence-corrected chi connectivity index (χ1v) is 9.72. The summed E-state index contributed by atoms with van der Waals surface area (Å²) in [5.74, 6) is -0.0866. The molecule has 7 heteroatoms. The number of benzene rings is 2. The lowest BCUT2D eigenvalue weighted by molar-refractivity contribution is 0.00515. The smallest absolute Gasteiger partial charge is 0.251 e. The van der Waals surface area contributed by atoms with E-state index in [9.17, 15) is 4.79 Å². The Morgan fingerprint density at radius 1 is 1.07 bits per heavy atom. The summed E-state index contributed by atoms with van der Waals surface area (Å²) in [5, 5.41) is 2.92. The summed E-state index contributed by atoms with van der Waals surface area (Å²) in [5.41, 5.74) is 8.27. The average molecular weight is 440 g/mol. The van der Waals surface area contributed by atoms with Crippen molar-refractivity contribution in [3.8, 4) is 0 Å². The number of anilines is 1. The third kappa shape index (κ3) is 8.62. The lowest BCUT2D eigenvalue weighted by atomic mass is 10.1. The molecule has 1 aliphatic rings. The van der Waals surface area contributed by atoms with Crippen LogP contribution >= 0.6 is 24.8 Å². The second-order valence-electron chi connectivity index (χ2n) is 7.07. The first-order valence-electron chi connectivity index (χ1n) is 9.72. The molecular weight excluding hydrogens is 409 g/mol. The summed E-state index contributed by atoms with van der Waals surface area (Å²) in [6.07, 6.45) is 3.30. The van der Waals surface area contributed by atoms with Crippen LogP contribution in [0.1, 0.15) is 35.2 Å². The molecule has 0 aromatic heterocycles. The number of carbonyl (C=O) groups excluding carboxylic acids is 1. The monoisotopic (exact) mass is 439 g/mol. The molecule has 1 fully saturated rings. The van der Waals surface area contributed by atoms with E-state index in [4.69, 9.17) is 10.5 Å². The molecule has 5 nitrogen and oxygen atoms in total. The zero-order valence-electron chi connectivity index (χ0n) is 16.6. The van der Waals surface area contributed by atoms with Crippen LogP contribution in [-0.2, 0) is 11.3 Å². The summed E-state index contributed by atoms with van der Waals surface area (Å²) in [6.45, 7) is 4.46. The predicted octanol–water partition coefficient (Wildman–Crippen LogP) is 3.91. The number of piperidine rings is 1. The Labute approximate surface area is 185 Å². The van der Waals surface area contributed by atoms with Crippen molar-refractivity contribution in [2.24, 2.45) is 0 Å². The minimum Gasteiger partial charge on any atom is -0.399 e.